The third-order valence-electron chi connectivity index (χ3n) is 4.20. The predicted molar refractivity (Wildman–Crippen MR) is 99.5 cm³/mol. The molecule has 0 saturated carbocycles. The third-order valence-corrected chi connectivity index (χ3v) is 4.20. The minimum absolute atomic E-state index is 0.163. The topological polar surface area (TPSA) is 90.9 Å². The molecule has 0 saturated heterocycles. The van der Waals surface area contributed by atoms with Crippen LogP contribution in [0.4, 0.5) is 8.78 Å². The number of aliphatic carboxylic acids is 1. The molecule has 0 fully saturated rings. The molecule has 0 aliphatic rings. The highest BCUT2D eigenvalue weighted by atomic mass is 19.1. The molecule has 0 unspecified atom stereocenters. The molecule has 1 heterocycles. The molecule has 1 aromatic heterocycles. The molecule has 146 valence electrons. The van der Waals surface area contributed by atoms with E-state index in [2.05, 4.69) is 0 Å². The van der Waals surface area contributed by atoms with Gasteiger partial charge in [0.2, 0.25) is 0 Å². The molecule has 0 amide bonds. The number of furan rings is 1. The molecule has 5 nitrogen and oxygen atoms in total. The number of hydrogen-bond acceptors (Lipinski definition) is 4. The number of carbonyl (C=O) groups is 1. The van der Waals surface area contributed by atoms with Crippen LogP contribution < -0.4 is 0 Å². The van der Waals surface area contributed by atoms with Crippen molar-refractivity contribution in [2.45, 2.75) is 25.0 Å². The molecule has 28 heavy (non-hydrogen) atoms. The van der Waals surface area contributed by atoms with Crippen LogP contribution in [0, 0.1) is 11.6 Å². The molecule has 0 spiro atoms. The van der Waals surface area contributed by atoms with E-state index in [1.54, 1.807) is 0 Å². The first-order valence-corrected chi connectivity index (χ1v) is 8.57. The summed E-state index contributed by atoms with van der Waals surface area (Å²) in [5.74, 6) is -1.72. The summed E-state index contributed by atoms with van der Waals surface area (Å²) in [6.07, 6.45) is -0.126. The summed E-state index contributed by atoms with van der Waals surface area (Å²) < 4.78 is 32.8. The first-order valence-electron chi connectivity index (χ1n) is 8.57. The van der Waals surface area contributed by atoms with E-state index in [4.69, 9.17) is 9.52 Å². The maximum Gasteiger partial charge on any atom is 0.305 e. The zero-order valence-corrected chi connectivity index (χ0v) is 14.7. The number of carboxylic acids is 1. The summed E-state index contributed by atoms with van der Waals surface area (Å²) in [5.41, 5.74) is 1.55. The molecule has 0 aliphatic carbocycles. The van der Waals surface area contributed by atoms with Crippen LogP contribution in [-0.4, -0.2) is 33.5 Å². The van der Waals surface area contributed by atoms with E-state index in [-0.39, 0.29) is 6.42 Å². The van der Waals surface area contributed by atoms with Gasteiger partial charge in [0.1, 0.15) is 23.0 Å². The molecule has 0 aliphatic heterocycles. The molecular formula is C21H18F2O5. The average Bonchev–Trinajstić information content (AvgIpc) is 2.97. The van der Waals surface area contributed by atoms with Crippen LogP contribution in [0.3, 0.4) is 0 Å². The number of aliphatic hydroxyl groups is 2. The molecule has 7 heteroatoms. The Labute approximate surface area is 159 Å². The Kier molecular flexibility index (Phi) is 5.87. The van der Waals surface area contributed by atoms with Crippen LogP contribution in [0.1, 0.15) is 18.6 Å². The van der Waals surface area contributed by atoms with Gasteiger partial charge in [0.25, 0.3) is 0 Å². The maximum atomic E-state index is 13.7. The van der Waals surface area contributed by atoms with Crippen LogP contribution in [-0.2, 0) is 4.79 Å². The molecule has 0 radical (unpaired) electrons. The SMILES string of the molecule is O=C(O)C[C@H](O)C[C@H](O)/C=C/c1oc2ccc(F)cc2c1-c1ccc(F)cc1. The van der Waals surface area contributed by atoms with E-state index >= 15 is 0 Å². The van der Waals surface area contributed by atoms with E-state index < -0.39 is 36.2 Å². The monoisotopic (exact) mass is 388 g/mol. The van der Waals surface area contributed by atoms with Gasteiger partial charge in [-0.05, 0) is 42.0 Å². The summed E-state index contributed by atoms with van der Waals surface area (Å²) in [7, 11) is 0. The highest BCUT2D eigenvalue weighted by Crippen LogP contribution is 2.36. The van der Waals surface area contributed by atoms with E-state index in [1.165, 1.54) is 54.6 Å². The molecule has 3 N–H and O–H groups in total. The Morgan fingerprint density at radius 1 is 1.07 bits per heavy atom. The van der Waals surface area contributed by atoms with Gasteiger partial charge in [0, 0.05) is 17.4 Å². The fourth-order valence-electron chi connectivity index (χ4n) is 2.96. The van der Waals surface area contributed by atoms with Crippen LogP contribution in [0.5, 0.6) is 0 Å². The second-order valence-corrected chi connectivity index (χ2v) is 6.40. The lowest BCUT2D eigenvalue weighted by Gasteiger charge is -2.10. The van der Waals surface area contributed by atoms with Gasteiger partial charge in [-0.3, -0.25) is 4.79 Å². The lowest BCUT2D eigenvalue weighted by molar-refractivity contribution is -0.139. The van der Waals surface area contributed by atoms with Crippen molar-refractivity contribution in [1.82, 2.24) is 0 Å². The maximum absolute atomic E-state index is 13.7. The Morgan fingerprint density at radius 2 is 1.75 bits per heavy atom. The van der Waals surface area contributed by atoms with Gasteiger partial charge >= 0.3 is 5.97 Å². The molecule has 2 aromatic carbocycles. The number of hydrogen-bond donors (Lipinski definition) is 3. The van der Waals surface area contributed by atoms with Gasteiger partial charge in [-0.2, -0.15) is 0 Å². The number of carboxylic acid groups (broad SMARTS) is 1. The smallest absolute Gasteiger partial charge is 0.305 e. The molecule has 3 rings (SSSR count). The predicted octanol–water partition coefficient (Wildman–Crippen LogP) is 3.98. The second-order valence-electron chi connectivity index (χ2n) is 6.40. The van der Waals surface area contributed by atoms with Gasteiger partial charge in [0.15, 0.2) is 0 Å². The Hall–Kier alpha value is -3.03. The first kappa shape index (κ1) is 19.7. The zero-order valence-electron chi connectivity index (χ0n) is 14.7. The van der Waals surface area contributed by atoms with E-state index in [0.717, 1.165) is 0 Å². The Balaban J connectivity index is 1.95. The fraction of sp³-hybridized carbons (Fsp3) is 0.190. The van der Waals surface area contributed by atoms with Crippen molar-refractivity contribution < 1.29 is 33.3 Å². The highest BCUT2D eigenvalue weighted by molar-refractivity contribution is 5.98. The first-order chi connectivity index (χ1) is 13.3. The van der Waals surface area contributed by atoms with E-state index in [9.17, 15) is 23.8 Å². The lowest BCUT2D eigenvalue weighted by Crippen LogP contribution is -2.19. The van der Waals surface area contributed by atoms with Crippen molar-refractivity contribution in [2.24, 2.45) is 0 Å². The standard InChI is InChI=1S/C21H18F2O5/c22-13-3-1-12(2-4-13)21-17-9-14(23)5-7-18(17)28-19(21)8-6-15(24)10-16(25)11-20(26)27/h1-9,15-16,24-25H,10-11H2,(H,26,27)/b8-6+/t15-,16-/m1/s1. The minimum atomic E-state index is -1.20. The Bertz CT molecular complexity index is 1010. The summed E-state index contributed by atoms with van der Waals surface area (Å²) in [5, 5.41) is 28.8. The summed E-state index contributed by atoms with van der Waals surface area (Å²) in [6, 6.07) is 9.66. The molecule has 3 aromatic rings. The van der Waals surface area contributed by atoms with Gasteiger partial charge in [-0.15, -0.1) is 0 Å². The van der Waals surface area contributed by atoms with Gasteiger partial charge in [0.05, 0.1) is 18.6 Å². The summed E-state index contributed by atoms with van der Waals surface area (Å²) in [4.78, 5) is 10.6. The third kappa shape index (κ3) is 4.62. The minimum Gasteiger partial charge on any atom is -0.481 e. The van der Waals surface area contributed by atoms with Crippen LogP contribution >= 0.6 is 0 Å². The average molecular weight is 388 g/mol. The molecular weight excluding hydrogens is 370 g/mol. The Morgan fingerprint density at radius 3 is 2.43 bits per heavy atom. The van der Waals surface area contributed by atoms with Crippen molar-refractivity contribution in [1.29, 1.82) is 0 Å². The summed E-state index contributed by atoms with van der Waals surface area (Å²) in [6.45, 7) is 0. The quantitative estimate of drug-likeness (QED) is 0.570. The number of aliphatic hydroxyl groups excluding tert-OH is 2. The largest absolute Gasteiger partial charge is 0.481 e. The van der Waals surface area contributed by atoms with Crippen molar-refractivity contribution in [2.75, 3.05) is 0 Å². The van der Waals surface area contributed by atoms with Crippen molar-refractivity contribution in [3.05, 3.63) is 65.9 Å². The van der Waals surface area contributed by atoms with Crippen LogP contribution in [0.2, 0.25) is 0 Å². The normalized spacial score (nSPS) is 13.9. The molecule has 2 atom stereocenters. The number of benzene rings is 2. The van der Waals surface area contributed by atoms with E-state index in [0.29, 0.717) is 27.9 Å². The lowest BCUT2D eigenvalue weighted by atomic mass is 10.0. The zero-order chi connectivity index (χ0) is 20.3. The van der Waals surface area contributed by atoms with Gasteiger partial charge in [-0.1, -0.05) is 18.2 Å². The van der Waals surface area contributed by atoms with Gasteiger partial charge < -0.3 is 19.7 Å². The van der Waals surface area contributed by atoms with Crippen molar-refractivity contribution in [3.8, 4) is 11.1 Å². The number of fused-ring (bicyclic) bond motifs is 1. The van der Waals surface area contributed by atoms with Gasteiger partial charge in [-0.25, -0.2) is 8.78 Å². The number of rotatable bonds is 7. The van der Waals surface area contributed by atoms with E-state index in [1.807, 2.05) is 0 Å². The van der Waals surface area contributed by atoms with Crippen LogP contribution in [0.25, 0.3) is 28.2 Å². The van der Waals surface area contributed by atoms with Crippen molar-refractivity contribution >= 4 is 23.0 Å². The molecule has 0 bridgehead atoms. The highest BCUT2D eigenvalue weighted by Gasteiger charge is 2.17. The fourth-order valence-corrected chi connectivity index (χ4v) is 2.96. The second kappa shape index (κ2) is 8.33. The van der Waals surface area contributed by atoms with Crippen LogP contribution in [0.15, 0.2) is 53.0 Å². The van der Waals surface area contributed by atoms with Crippen molar-refractivity contribution in [3.63, 3.8) is 0 Å². The number of halogens is 2. The summed E-state index contributed by atoms with van der Waals surface area (Å²) >= 11 is 0.